The molecule has 0 atom stereocenters. The number of fused-ring (bicyclic) bond motifs is 1. The van der Waals surface area contributed by atoms with Crippen LogP contribution in [0.5, 0.6) is 11.5 Å². The Morgan fingerprint density at radius 1 is 1.21 bits per heavy atom. The monoisotopic (exact) mass is 344 g/mol. The lowest BCUT2D eigenvalue weighted by Gasteiger charge is -2.05. The number of carbonyl (C=O) groups excluding carboxylic acids is 1. The Morgan fingerprint density at radius 2 is 2.00 bits per heavy atom. The van der Waals surface area contributed by atoms with Crippen molar-refractivity contribution in [3.8, 4) is 11.5 Å². The number of ether oxygens (including phenoxy) is 2. The van der Waals surface area contributed by atoms with E-state index in [0.29, 0.717) is 10.6 Å². The van der Waals surface area contributed by atoms with Gasteiger partial charge >= 0.3 is 0 Å². The highest BCUT2D eigenvalue weighted by atomic mass is 35.5. The number of nitrogens with one attached hydrogen (secondary N) is 1. The quantitative estimate of drug-likeness (QED) is 0.662. The summed E-state index contributed by atoms with van der Waals surface area (Å²) in [4.78, 5) is 12.0. The minimum absolute atomic E-state index is 0.271. The summed E-state index contributed by atoms with van der Waals surface area (Å²) >= 11 is 5.99. The maximum Gasteiger partial charge on any atom is 0.272 e. The molecule has 1 aliphatic heterocycles. The zero-order chi connectivity index (χ0) is 16.9. The lowest BCUT2D eigenvalue weighted by atomic mass is 10.1. The van der Waals surface area contributed by atoms with E-state index >= 15 is 0 Å². The summed E-state index contributed by atoms with van der Waals surface area (Å²) in [6.07, 6.45) is 1.52. The first kappa shape index (κ1) is 16.3. The zero-order valence-electron chi connectivity index (χ0n) is 13.2. The average molecular weight is 345 g/mol. The van der Waals surface area contributed by atoms with Gasteiger partial charge < -0.3 is 9.47 Å². The third-order valence-corrected chi connectivity index (χ3v) is 4.01. The van der Waals surface area contributed by atoms with Gasteiger partial charge in [-0.3, -0.25) is 4.79 Å². The molecule has 124 valence electrons. The van der Waals surface area contributed by atoms with E-state index in [1.54, 1.807) is 24.3 Å². The van der Waals surface area contributed by atoms with Gasteiger partial charge in [-0.25, -0.2) is 5.43 Å². The van der Waals surface area contributed by atoms with Crippen LogP contribution in [0.15, 0.2) is 47.6 Å². The van der Waals surface area contributed by atoms with E-state index in [-0.39, 0.29) is 12.7 Å². The lowest BCUT2D eigenvalue weighted by Crippen LogP contribution is -2.19. The van der Waals surface area contributed by atoms with E-state index in [0.717, 1.165) is 35.6 Å². The van der Waals surface area contributed by atoms with Gasteiger partial charge in [0.05, 0.1) is 10.6 Å². The molecule has 2 aromatic carbocycles. The van der Waals surface area contributed by atoms with Gasteiger partial charge in [0.15, 0.2) is 11.5 Å². The van der Waals surface area contributed by atoms with Crippen LogP contribution in [-0.2, 0) is 6.42 Å². The zero-order valence-corrected chi connectivity index (χ0v) is 14.0. The second kappa shape index (κ2) is 7.36. The van der Waals surface area contributed by atoms with E-state index in [2.05, 4.69) is 10.5 Å². The largest absolute Gasteiger partial charge is 0.454 e. The van der Waals surface area contributed by atoms with Gasteiger partial charge in [0, 0.05) is 5.71 Å². The number of benzene rings is 2. The van der Waals surface area contributed by atoms with Crippen molar-refractivity contribution in [2.75, 3.05) is 6.79 Å². The summed E-state index contributed by atoms with van der Waals surface area (Å²) in [7, 11) is 0. The number of carbonyl (C=O) groups is 1. The van der Waals surface area contributed by atoms with E-state index in [9.17, 15) is 4.79 Å². The third kappa shape index (κ3) is 3.86. The van der Waals surface area contributed by atoms with Crippen LogP contribution in [0.2, 0.25) is 5.02 Å². The molecule has 0 bridgehead atoms. The predicted octanol–water partition coefficient (Wildman–Crippen LogP) is 3.81. The van der Waals surface area contributed by atoms with Crippen molar-refractivity contribution in [3.05, 3.63) is 58.6 Å². The fraction of sp³-hybridized carbons (Fsp3) is 0.222. The molecule has 3 rings (SSSR count). The van der Waals surface area contributed by atoms with Crippen LogP contribution in [0, 0.1) is 0 Å². The van der Waals surface area contributed by atoms with Gasteiger partial charge in [-0.1, -0.05) is 29.8 Å². The number of hydrogen-bond acceptors (Lipinski definition) is 4. The molecule has 1 amide bonds. The molecule has 1 N–H and O–H groups in total. The van der Waals surface area contributed by atoms with Crippen molar-refractivity contribution >= 4 is 23.2 Å². The first-order valence-corrected chi connectivity index (χ1v) is 7.98. The van der Waals surface area contributed by atoms with Crippen LogP contribution in [0.25, 0.3) is 0 Å². The topological polar surface area (TPSA) is 59.9 Å². The average Bonchev–Trinajstić information content (AvgIpc) is 3.06. The van der Waals surface area contributed by atoms with Crippen LogP contribution >= 0.6 is 11.6 Å². The SMILES string of the molecule is CC(CCc1ccc2c(c1)OCO2)=NNC(=O)c1ccccc1Cl. The molecule has 0 saturated heterocycles. The summed E-state index contributed by atoms with van der Waals surface area (Å²) in [5.41, 5.74) is 4.90. The molecule has 24 heavy (non-hydrogen) atoms. The van der Waals surface area contributed by atoms with Crippen LogP contribution in [0.3, 0.4) is 0 Å². The Kier molecular flexibility index (Phi) is 5.01. The van der Waals surface area contributed by atoms with E-state index in [4.69, 9.17) is 21.1 Å². The second-order valence-electron chi connectivity index (χ2n) is 5.46. The fourth-order valence-corrected chi connectivity index (χ4v) is 2.55. The van der Waals surface area contributed by atoms with Gasteiger partial charge in [0.25, 0.3) is 5.91 Å². The minimum atomic E-state index is -0.317. The summed E-state index contributed by atoms with van der Waals surface area (Å²) in [5, 5.41) is 4.54. The highest BCUT2D eigenvalue weighted by Crippen LogP contribution is 2.32. The molecule has 0 radical (unpaired) electrons. The number of hydrazone groups is 1. The van der Waals surface area contributed by atoms with Gasteiger partial charge in [-0.05, 0) is 49.6 Å². The molecule has 0 saturated carbocycles. The Hall–Kier alpha value is -2.53. The smallest absolute Gasteiger partial charge is 0.272 e. The van der Waals surface area contributed by atoms with Gasteiger partial charge in [-0.2, -0.15) is 5.10 Å². The molecule has 0 aromatic heterocycles. The maximum absolute atomic E-state index is 12.0. The van der Waals surface area contributed by atoms with Crippen molar-refractivity contribution in [3.63, 3.8) is 0 Å². The fourth-order valence-electron chi connectivity index (χ4n) is 2.33. The van der Waals surface area contributed by atoms with Crippen molar-refractivity contribution in [2.24, 2.45) is 5.10 Å². The summed E-state index contributed by atoms with van der Waals surface area (Å²) in [5.74, 6) is 1.23. The molecule has 2 aromatic rings. The predicted molar refractivity (Wildman–Crippen MR) is 92.9 cm³/mol. The van der Waals surface area contributed by atoms with E-state index in [1.807, 2.05) is 25.1 Å². The Bertz CT molecular complexity index is 790. The number of amides is 1. The highest BCUT2D eigenvalue weighted by Gasteiger charge is 2.13. The van der Waals surface area contributed by atoms with Crippen LogP contribution < -0.4 is 14.9 Å². The normalized spacial score (nSPS) is 13.0. The molecule has 6 heteroatoms. The first-order valence-electron chi connectivity index (χ1n) is 7.60. The van der Waals surface area contributed by atoms with Gasteiger partial charge in [-0.15, -0.1) is 0 Å². The second-order valence-corrected chi connectivity index (χ2v) is 5.86. The number of aryl methyl sites for hydroxylation is 1. The molecule has 0 aliphatic carbocycles. The van der Waals surface area contributed by atoms with Gasteiger partial charge in [0.1, 0.15) is 0 Å². The minimum Gasteiger partial charge on any atom is -0.454 e. The highest BCUT2D eigenvalue weighted by molar-refractivity contribution is 6.33. The summed E-state index contributed by atoms with van der Waals surface area (Å²) < 4.78 is 10.7. The Morgan fingerprint density at radius 3 is 2.83 bits per heavy atom. The van der Waals surface area contributed by atoms with Crippen molar-refractivity contribution in [1.29, 1.82) is 0 Å². The molecule has 0 fully saturated rings. The molecular weight excluding hydrogens is 328 g/mol. The molecule has 1 aliphatic rings. The van der Waals surface area contributed by atoms with Crippen LogP contribution in [-0.4, -0.2) is 18.4 Å². The third-order valence-electron chi connectivity index (χ3n) is 3.68. The summed E-state index contributed by atoms with van der Waals surface area (Å²) in [6, 6.07) is 12.8. The van der Waals surface area contributed by atoms with E-state index < -0.39 is 0 Å². The van der Waals surface area contributed by atoms with E-state index in [1.165, 1.54) is 0 Å². The molecule has 0 spiro atoms. The molecule has 0 unspecified atom stereocenters. The Labute approximate surface area is 145 Å². The van der Waals surface area contributed by atoms with Crippen LogP contribution in [0.1, 0.15) is 29.3 Å². The molecule has 1 heterocycles. The first-order chi connectivity index (χ1) is 11.6. The lowest BCUT2D eigenvalue weighted by molar-refractivity contribution is 0.0955. The number of hydrogen-bond donors (Lipinski definition) is 1. The van der Waals surface area contributed by atoms with Crippen molar-refractivity contribution < 1.29 is 14.3 Å². The van der Waals surface area contributed by atoms with Crippen molar-refractivity contribution in [2.45, 2.75) is 19.8 Å². The molecular formula is C18H17ClN2O3. The van der Waals surface area contributed by atoms with Crippen LogP contribution in [0.4, 0.5) is 0 Å². The van der Waals surface area contributed by atoms with Crippen molar-refractivity contribution in [1.82, 2.24) is 5.43 Å². The number of halogens is 1. The molecule has 5 nitrogen and oxygen atoms in total. The number of rotatable bonds is 5. The van der Waals surface area contributed by atoms with Gasteiger partial charge in [0.2, 0.25) is 6.79 Å². The maximum atomic E-state index is 12.0. The standard InChI is InChI=1S/C18H17ClN2O3/c1-12(20-21-18(22)14-4-2-3-5-15(14)19)6-7-13-8-9-16-17(10-13)24-11-23-16/h2-5,8-10H,6-7,11H2,1H3,(H,21,22). The summed E-state index contributed by atoms with van der Waals surface area (Å²) in [6.45, 7) is 2.15. The number of nitrogens with zero attached hydrogens (tertiary/aromatic N) is 1. The Balaban J connectivity index is 1.55.